The first-order valence-electron chi connectivity index (χ1n) is 7.04. The van der Waals surface area contributed by atoms with Crippen LogP contribution in [0.4, 0.5) is 0 Å². The predicted octanol–water partition coefficient (Wildman–Crippen LogP) is 1.77. The lowest BCUT2D eigenvalue weighted by atomic mass is 9.89. The number of aliphatic hydroxyl groups excluding tert-OH is 2. The van der Waals surface area contributed by atoms with E-state index in [1.807, 2.05) is 0 Å². The first kappa shape index (κ1) is 20.2. The molecule has 0 bridgehead atoms. The van der Waals surface area contributed by atoms with Gasteiger partial charge in [0.1, 0.15) is 0 Å². The second-order valence-electron chi connectivity index (χ2n) is 5.87. The Labute approximate surface area is 113 Å². The molecule has 0 fully saturated rings. The Balaban J connectivity index is 0. The Bertz CT molecular complexity index is 171. The van der Waals surface area contributed by atoms with Gasteiger partial charge in [-0.1, -0.05) is 39.5 Å². The van der Waals surface area contributed by atoms with Crippen LogP contribution in [-0.2, 0) is 0 Å². The van der Waals surface area contributed by atoms with Gasteiger partial charge in [0.25, 0.3) is 0 Å². The lowest BCUT2D eigenvalue weighted by molar-refractivity contribution is 0.173. The number of hydrogen-bond donors (Lipinski definition) is 4. The molecule has 0 unspecified atom stereocenters. The molecule has 0 saturated heterocycles. The molecule has 0 rings (SSSR count). The summed E-state index contributed by atoms with van der Waals surface area (Å²) >= 11 is 0. The maximum atomic E-state index is 9.11. The van der Waals surface area contributed by atoms with Gasteiger partial charge in [0.2, 0.25) is 0 Å². The number of aliphatic hydroxyl groups is 2. The summed E-state index contributed by atoms with van der Waals surface area (Å²) in [7, 11) is 0. The van der Waals surface area contributed by atoms with E-state index in [9.17, 15) is 0 Å². The summed E-state index contributed by atoms with van der Waals surface area (Å²) in [6.45, 7) is 8.02. The maximum Gasteiger partial charge on any atom is 0.0611 e. The highest BCUT2D eigenvalue weighted by Crippen LogP contribution is 2.17. The van der Waals surface area contributed by atoms with Crippen molar-refractivity contribution in [3.63, 3.8) is 0 Å². The molecule has 0 aliphatic carbocycles. The minimum Gasteiger partial charge on any atom is -0.394 e. The second kappa shape index (κ2) is 10.7. The fourth-order valence-electron chi connectivity index (χ4n) is 1.34. The second-order valence-corrected chi connectivity index (χ2v) is 5.87. The van der Waals surface area contributed by atoms with Crippen LogP contribution in [0.15, 0.2) is 0 Å². The van der Waals surface area contributed by atoms with Crippen LogP contribution >= 0.6 is 0 Å². The lowest BCUT2D eigenvalue weighted by Crippen LogP contribution is -2.43. The van der Waals surface area contributed by atoms with Crippen LogP contribution in [-0.4, -0.2) is 34.5 Å². The van der Waals surface area contributed by atoms with Crippen molar-refractivity contribution in [1.82, 2.24) is 0 Å². The molecule has 6 N–H and O–H groups in total. The van der Waals surface area contributed by atoms with Crippen LogP contribution in [0.2, 0.25) is 0 Å². The molecule has 0 spiro atoms. The van der Waals surface area contributed by atoms with Gasteiger partial charge >= 0.3 is 0 Å². The first-order chi connectivity index (χ1) is 8.24. The van der Waals surface area contributed by atoms with E-state index >= 15 is 0 Å². The SMILES string of the molecule is CC(C)(N)CO.CCCCC(N)(CO)CCCC. The Hall–Kier alpha value is -0.160. The van der Waals surface area contributed by atoms with Crippen molar-refractivity contribution in [3.8, 4) is 0 Å². The Morgan fingerprint density at radius 2 is 1.17 bits per heavy atom. The molecule has 0 aromatic heterocycles. The zero-order chi connectivity index (χ0) is 14.7. The summed E-state index contributed by atoms with van der Waals surface area (Å²) in [5, 5.41) is 17.4. The van der Waals surface area contributed by atoms with Gasteiger partial charge in [0.05, 0.1) is 13.2 Å². The molecule has 18 heavy (non-hydrogen) atoms. The summed E-state index contributed by atoms with van der Waals surface area (Å²) < 4.78 is 0. The smallest absolute Gasteiger partial charge is 0.0611 e. The van der Waals surface area contributed by atoms with Crippen molar-refractivity contribution in [3.05, 3.63) is 0 Å². The molecule has 0 heterocycles. The molecule has 0 aromatic rings. The van der Waals surface area contributed by atoms with Gasteiger partial charge in [0.15, 0.2) is 0 Å². The fourth-order valence-corrected chi connectivity index (χ4v) is 1.34. The van der Waals surface area contributed by atoms with E-state index in [0.717, 1.165) is 38.5 Å². The minimum absolute atomic E-state index is 0.0486. The summed E-state index contributed by atoms with van der Waals surface area (Å²) in [6, 6.07) is 0. The molecule has 0 radical (unpaired) electrons. The predicted molar refractivity (Wildman–Crippen MR) is 78.4 cm³/mol. The van der Waals surface area contributed by atoms with Gasteiger partial charge in [0, 0.05) is 11.1 Å². The van der Waals surface area contributed by atoms with Gasteiger partial charge < -0.3 is 21.7 Å². The minimum atomic E-state index is -0.403. The van der Waals surface area contributed by atoms with E-state index in [2.05, 4.69) is 13.8 Å². The zero-order valence-electron chi connectivity index (χ0n) is 12.7. The highest BCUT2D eigenvalue weighted by molar-refractivity contribution is 4.82. The number of rotatable bonds is 8. The third-order valence-electron chi connectivity index (χ3n) is 2.78. The Kier molecular flexibility index (Phi) is 12.0. The maximum absolute atomic E-state index is 9.11. The van der Waals surface area contributed by atoms with Crippen molar-refractivity contribution < 1.29 is 10.2 Å². The van der Waals surface area contributed by atoms with E-state index in [1.54, 1.807) is 13.8 Å². The van der Waals surface area contributed by atoms with E-state index < -0.39 is 5.54 Å². The van der Waals surface area contributed by atoms with Gasteiger partial charge in [-0.2, -0.15) is 0 Å². The first-order valence-corrected chi connectivity index (χ1v) is 7.04. The monoisotopic (exact) mass is 262 g/mol. The molecular formula is C14H34N2O2. The van der Waals surface area contributed by atoms with Crippen LogP contribution in [0.3, 0.4) is 0 Å². The zero-order valence-corrected chi connectivity index (χ0v) is 12.7. The van der Waals surface area contributed by atoms with E-state index in [1.165, 1.54) is 0 Å². The van der Waals surface area contributed by atoms with Gasteiger partial charge in [-0.15, -0.1) is 0 Å². The topological polar surface area (TPSA) is 92.5 Å². The quantitative estimate of drug-likeness (QED) is 0.536. The average Bonchev–Trinajstić information content (AvgIpc) is 2.34. The van der Waals surface area contributed by atoms with Crippen molar-refractivity contribution in [2.75, 3.05) is 13.2 Å². The van der Waals surface area contributed by atoms with Crippen molar-refractivity contribution in [2.45, 2.75) is 77.3 Å². The molecule has 0 atom stereocenters. The molecule has 0 amide bonds. The number of hydrogen-bond acceptors (Lipinski definition) is 4. The largest absolute Gasteiger partial charge is 0.394 e. The molecular weight excluding hydrogens is 228 g/mol. The summed E-state index contributed by atoms with van der Waals surface area (Å²) in [5.41, 5.74) is 10.6. The van der Waals surface area contributed by atoms with Crippen molar-refractivity contribution >= 4 is 0 Å². The molecule has 0 aromatic carbocycles. The van der Waals surface area contributed by atoms with Crippen LogP contribution in [0.5, 0.6) is 0 Å². The van der Waals surface area contributed by atoms with E-state index in [-0.39, 0.29) is 18.8 Å². The fraction of sp³-hybridized carbons (Fsp3) is 1.00. The van der Waals surface area contributed by atoms with Crippen molar-refractivity contribution in [2.24, 2.45) is 11.5 Å². The normalized spacial score (nSPS) is 12.0. The van der Waals surface area contributed by atoms with Crippen molar-refractivity contribution in [1.29, 1.82) is 0 Å². The third-order valence-corrected chi connectivity index (χ3v) is 2.78. The lowest BCUT2D eigenvalue weighted by Gasteiger charge is -2.26. The highest BCUT2D eigenvalue weighted by atomic mass is 16.3. The summed E-state index contributed by atoms with van der Waals surface area (Å²) in [5.74, 6) is 0. The standard InChI is InChI=1S/C10H23NO.C4H11NO/c1-3-5-7-10(11,9-12)8-6-4-2;1-4(2,5)3-6/h12H,3-9,11H2,1-2H3;6H,3,5H2,1-2H3. The number of unbranched alkanes of at least 4 members (excludes halogenated alkanes) is 2. The van der Waals surface area contributed by atoms with Gasteiger partial charge in [-0.25, -0.2) is 0 Å². The van der Waals surface area contributed by atoms with Crippen LogP contribution in [0.25, 0.3) is 0 Å². The molecule has 4 nitrogen and oxygen atoms in total. The highest BCUT2D eigenvalue weighted by Gasteiger charge is 2.21. The molecule has 0 aliphatic rings. The molecule has 0 saturated carbocycles. The molecule has 112 valence electrons. The summed E-state index contributed by atoms with van der Waals surface area (Å²) in [6.07, 6.45) is 6.48. The van der Waals surface area contributed by atoms with Gasteiger partial charge in [-0.3, -0.25) is 0 Å². The number of nitrogens with two attached hydrogens (primary N) is 2. The Morgan fingerprint density at radius 1 is 0.833 bits per heavy atom. The molecule has 0 aliphatic heterocycles. The molecule has 4 heteroatoms. The van der Waals surface area contributed by atoms with Crippen LogP contribution < -0.4 is 11.5 Å². The van der Waals surface area contributed by atoms with E-state index in [0.29, 0.717) is 0 Å². The van der Waals surface area contributed by atoms with Crippen LogP contribution in [0, 0.1) is 0 Å². The third kappa shape index (κ3) is 13.9. The average molecular weight is 262 g/mol. The van der Waals surface area contributed by atoms with Crippen LogP contribution in [0.1, 0.15) is 66.2 Å². The van der Waals surface area contributed by atoms with Gasteiger partial charge in [-0.05, 0) is 26.7 Å². The Morgan fingerprint density at radius 3 is 1.33 bits per heavy atom. The summed E-state index contributed by atoms with van der Waals surface area (Å²) in [4.78, 5) is 0. The van der Waals surface area contributed by atoms with E-state index in [4.69, 9.17) is 21.7 Å².